The van der Waals surface area contributed by atoms with Gasteiger partial charge < -0.3 is 20.7 Å². The van der Waals surface area contributed by atoms with E-state index in [1.165, 1.54) is 32.6 Å². The molecule has 0 bridgehead atoms. The van der Waals surface area contributed by atoms with Gasteiger partial charge in [0.05, 0.1) is 12.8 Å². The SMILES string of the molecule is CCC1(CNC(=NC)NCc2ccc(OC)c(NC(C)=O)c2)CCC1.I. The first-order chi connectivity index (χ1) is 12.0. The van der Waals surface area contributed by atoms with Crippen molar-refractivity contribution in [3.05, 3.63) is 23.8 Å². The van der Waals surface area contributed by atoms with E-state index in [2.05, 4.69) is 27.9 Å². The van der Waals surface area contributed by atoms with Gasteiger partial charge in [0.2, 0.25) is 5.91 Å². The van der Waals surface area contributed by atoms with E-state index in [9.17, 15) is 4.79 Å². The largest absolute Gasteiger partial charge is 0.495 e. The van der Waals surface area contributed by atoms with Crippen LogP contribution in [-0.2, 0) is 11.3 Å². The molecule has 0 saturated heterocycles. The van der Waals surface area contributed by atoms with Crippen LogP contribution in [0.1, 0.15) is 45.1 Å². The highest BCUT2D eigenvalue weighted by molar-refractivity contribution is 14.0. The Hall–Kier alpha value is -1.51. The van der Waals surface area contributed by atoms with Crippen LogP contribution in [0.15, 0.2) is 23.2 Å². The monoisotopic (exact) mass is 474 g/mol. The number of carbonyl (C=O) groups is 1. The van der Waals surface area contributed by atoms with Crippen LogP contribution in [0, 0.1) is 5.41 Å². The first kappa shape index (κ1) is 22.5. The molecule has 6 nitrogen and oxygen atoms in total. The van der Waals surface area contributed by atoms with Crippen LogP contribution in [0.3, 0.4) is 0 Å². The van der Waals surface area contributed by atoms with Crippen molar-refractivity contribution < 1.29 is 9.53 Å². The number of aliphatic imine (C=N–C) groups is 1. The zero-order valence-electron chi connectivity index (χ0n) is 16.1. The molecule has 0 aliphatic heterocycles. The summed E-state index contributed by atoms with van der Waals surface area (Å²) in [4.78, 5) is 15.6. The van der Waals surface area contributed by atoms with Gasteiger partial charge in [-0.1, -0.05) is 19.4 Å². The van der Waals surface area contributed by atoms with Crippen molar-refractivity contribution in [2.75, 3.05) is 26.0 Å². The summed E-state index contributed by atoms with van der Waals surface area (Å²) in [5.41, 5.74) is 2.16. The lowest BCUT2D eigenvalue weighted by Crippen LogP contribution is -2.46. The van der Waals surface area contributed by atoms with Gasteiger partial charge in [-0.25, -0.2) is 0 Å². The van der Waals surface area contributed by atoms with Crippen LogP contribution in [0.2, 0.25) is 0 Å². The minimum atomic E-state index is -0.119. The Morgan fingerprint density at radius 1 is 1.31 bits per heavy atom. The number of anilines is 1. The molecule has 0 unspecified atom stereocenters. The van der Waals surface area contributed by atoms with Gasteiger partial charge in [0.15, 0.2) is 5.96 Å². The van der Waals surface area contributed by atoms with Crippen LogP contribution >= 0.6 is 24.0 Å². The van der Waals surface area contributed by atoms with Gasteiger partial charge in [-0.15, -0.1) is 24.0 Å². The Balaban J connectivity index is 0.00000338. The number of rotatable bonds is 7. The van der Waals surface area contributed by atoms with Crippen molar-refractivity contribution in [1.29, 1.82) is 0 Å². The number of carbonyl (C=O) groups excluding carboxylic acids is 1. The molecule has 1 aromatic rings. The molecule has 0 atom stereocenters. The van der Waals surface area contributed by atoms with Gasteiger partial charge in [-0.3, -0.25) is 9.79 Å². The molecular weight excluding hydrogens is 443 g/mol. The van der Waals surface area contributed by atoms with E-state index >= 15 is 0 Å². The molecule has 146 valence electrons. The number of nitrogens with one attached hydrogen (secondary N) is 3. The molecule has 3 N–H and O–H groups in total. The number of hydrogen-bond donors (Lipinski definition) is 3. The van der Waals surface area contributed by atoms with Gasteiger partial charge in [-0.05, 0) is 42.4 Å². The fourth-order valence-electron chi connectivity index (χ4n) is 3.16. The van der Waals surface area contributed by atoms with Gasteiger partial charge in [0.1, 0.15) is 5.75 Å². The third-order valence-electron chi connectivity index (χ3n) is 5.05. The summed E-state index contributed by atoms with van der Waals surface area (Å²) < 4.78 is 5.28. The standard InChI is InChI=1S/C19H30N4O2.HI/c1-5-19(9-6-10-19)13-22-18(20-3)21-12-15-7-8-17(25-4)16(11-15)23-14(2)24;/h7-8,11H,5-6,9-10,12-13H2,1-4H3,(H,23,24)(H2,20,21,22);1H. The number of halogens is 1. The lowest BCUT2D eigenvalue weighted by molar-refractivity contribution is -0.114. The van der Waals surface area contributed by atoms with E-state index < -0.39 is 0 Å². The van der Waals surface area contributed by atoms with Crippen molar-refractivity contribution in [1.82, 2.24) is 10.6 Å². The number of ether oxygens (including phenoxy) is 1. The van der Waals surface area contributed by atoms with Gasteiger partial charge in [0, 0.05) is 27.1 Å². The molecule has 1 saturated carbocycles. The Morgan fingerprint density at radius 3 is 2.54 bits per heavy atom. The van der Waals surface area contributed by atoms with Crippen LogP contribution < -0.4 is 20.7 Å². The molecular formula is C19H31IN4O2. The van der Waals surface area contributed by atoms with Crippen LogP contribution in [0.4, 0.5) is 5.69 Å². The smallest absolute Gasteiger partial charge is 0.221 e. The van der Waals surface area contributed by atoms with E-state index in [-0.39, 0.29) is 29.9 Å². The Kier molecular flexibility index (Phi) is 9.18. The topological polar surface area (TPSA) is 74.8 Å². The van der Waals surface area contributed by atoms with Crippen molar-refractivity contribution in [3.8, 4) is 5.75 Å². The fraction of sp³-hybridized carbons (Fsp3) is 0.579. The predicted molar refractivity (Wildman–Crippen MR) is 117 cm³/mol. The molecule has 7 heteroatoms. The van der Waals surface area contributed by atoms with Crippen molar-refractivity contribution in [2.24, 2.45) is 10.4 Å². The molecule has 0 radical (unpaired) electrons. The minimum Gasteiger partial charge on any atom is -0.495 e. The predicted octanol–water partition coefficient (Wildman–Crippen LogP) is 3.52. The summed E-state index contributed by atoms with van der Waals surface area (Å²) in [6.45, 7) is 5.33. The van der Waals surface area contributed by atoms with Crippen molar-refractivity contribution >= 4 is 41.5 Å². The van der Waals surface area contributed by atoms with Gasteiger partial charge in [-0.2, -0.15) is 0 Å². The van der Waals surface area contributed by atoms with E-state index in [1.54, 1.807) is 14.2 Å². The second-order valence-corrected chi connectivity index (χ2v) is 6.70. The fourth-order valence-corrected chi connectivity index (χ4v) is 3.16. The summed E-state index contributed by atoms with van der Waals surface area (Å²) in [5, 5.41) is 9.58. The molecule has 1 aliphatic rings. The Labute approximate surface area is 173 Å². The average Bonchev–Trinajstić information content (AvgIpc) is 2.56. The maximum absolute atomic E-state index is 11.3. The Bertz CT molecular complexity index is 624. The van der Waals surface area contributed by atoms with Crippen LogP contribution in [0.5, 0.6) is 5.75 Å². The highest BCUT2D eigenvalue weighted by atomic mass is 127. The third kappa shape index (κ3) is 6.03. The summed E-state index contributed by atoms with van der Waals surface area (Å²) in [6, 6.07) is 5.75. The molecule has 1 aliphatic carbocycles. The molecule has 2 rings (SSSR count). The quantitative estimate of drug-likeness (QED) is 0.321. The zero-order chi connectivity index (χ0) is 18.3. The number of amides is 1. The van der Waals surface area contributed by atoms with E-state index in [1.807, 2.05) is 18.2 Å². The zero-order valence-corrected chi connectivity index (χ0v) is 18.5. The van der Waals surface area contributed by atoms with Crippen LogP contribution in [0.25, 0.3) is 0 Å². The highest BCUT2D eigenvalue weighted by Crippen LogP contribution is 2.42. The summed E-state index contributed by atoms with van der Waals surface area (Å²) >= 11 is 0. The molecule has 1 fully saturated rings. The molecule has 26 heavy (non-hydrogen) atoms. The second-order valence-electron chi connectivity index (χ2n) is 6.70. The van der Waals surface area contributed by atoms with E-state index in [0.717, 1.165) is 18.1 Å². The first-order valence-corrected chi connectivity index (χ1v) is 8.91. The maximum Gasteiger partial charge on any atom is 0.221 e. The maximum atomic E-state index is 11.3. The van der Waals surface area contributed by atoms with Gasteiger partial charge >= 0.3 is 0 Å². The molecule has 0 aromatic heterocycles. The lowest BCUT2D eigenvalue weighted by atomic mass is 9.67. The molecule has 0 heterocycles. The van der Waals surface area contributed by atoms with Gasteiger partial charge in [0.25, 0.3) is 0 Å². The summed E-state index contributed by atoms with van der Waals surface area (Å²) in [5.74, 6) is 1.33. The second kappa shape index (κ2) is 10.6. The first-order valence-electron chi connectivity index (χ1n) is 8.91. The normalized spacial score (nSPS) is 15.3. The van der Waals surface area contributed by atoms with Crippen molar-refractivity contribution in [3.63, 3.8) is 0 Å². The molecule has 0 spiro atoms. The highest BCUT2D eigenvalue weighted by Gasteiger charge is 2.34. The number of nitrogens with zero attached hydrogens (tertiary/aromatic N) is 1. The number of hydrogen-bond acceptors (Lipinski definition) is 3. The number of methoxy groups -OCH3 is 1. The van der Waals surface area contributed by atoms with Crippen molar-refractivity contribution in [2.45, 2.75) is 46.1 Å². The third-order valence-corrected chi connectivity index (χ3v) is 5.05. The molecule has 1 amide bonds. The molecule has 1 aromatic carbocycles. The average molecular weight is 474 g/mol. The number of guanidine groups is 1. The van der Waals surface area contributed by atoms with E-state index in [0.29, 0.717) is 23.4 Å². The lowest BCUT2D eigenvalue weighted by Gasteiger charge is -2.41. The number of benzene rings is 1. The van der Waals surface area contributed by atoms with Crippen LogP contribution in [-0.4, -0.2) is 32.6 Å². The summed E-state index contributed by atoms with van der Waals surface area (Å²) in [7, 11) is 3.37. The summed E-state index contributed by atoms with van der Waals surface area (Å²) in [6.07, 6.45) is 5.13. The minimum absolute atomic E-state index is 0. The van der Waals surface area contributed by atoms with E-state index in [4.69, 9.17) is 4.74 Å². The Morgan fingerprint density at radius 2 is 2.04 bits per heavy atom.